The number of hydrogen-bond acceptors (Lipinski definition) is 7. The van der Waals surface area contributed by atoms with Crippen LogP contribution in [-0.2, 0) is 34.0 Å². The molecule has 1 aliphatic rings. The van der Waals surface area contributed by atoms with Crippen molar-refractivity contribution in [2.24, 2.45) is 0 Å². The lowest BCUT2D eigenvalue weighted by Gasteiger charge is -2.28. The highest BCUT2D eigenvalue weighted by molar-refractivity contribution is 5.98. The van der Waals surface area contributed by atoms with Crippen molar-refractivity contribution < 1.29 is 19.1 Å². The summed E-state index contributed by atoms with van der Waals surface area (Å²) in [4.78, 5) is 58.2. The van der Waals surface area contributed by atoms with Crippen LogP contribution in [0, 0.1) is 0 Å². The number of unbranched alkanes of at least 4 members (excludes halogenated alkanes) is 1. The minimum Gasteiger partial charge on any atom is -0.482 e. The van der Waals surface area contributed by atoms with Crippen molar-refractivity contribution in [3.05, 3.63) is 50.9 Å². The molecule has 0 unspecified atom stereocenters. The Bertz CT molecular complexity index is 1350. The van der Waals surface area contributed by atoms with Crippen LogP contribution in [0.15, 0.2) is 33.9 Å². The number of imidazole rings is 1. The first kappa shape index (κ1) is 24.2. The largest absolute Gasteiger partial charge is 0.482 e. The quantitative estimate of drug-likeness (QED) is 0.437. The number of fused-ring (bicyclic) bond motifs is 2. The van der Waals surface area contributed by atoms with Gasteiger partial charge >= 0.3 is 11.7 Å². The molecule has 0 saturated heterocycles. The van der Waals surface area contributed by atoms with Crippen LogP contribution in [0.3, 0.4) is 0 Å². The number of ether oxygens (including phenoxy) is 2. The van der Waals surface area contributed by atoms with Crippen LogP contribution in [-0.4, -0.2) is 44.1 Å². The lowest BCUT2D eigenvalue weighted by Crippen LogP contribution is -2.40. The number of esters is 1. The molecule has 3 aromatic rings. The number of amides is 1. The van der Waals surface area contributed by atoms with Crippen LogP contribution in [0.2, 0.25) is 0 Å². The summed E-state index contributed by atoms with van der Waals surface area (Å²) in [6.45, 7) is 4.80. The first-order valence-corrected chi connectivity index (χ1v) is 11.8. The second-order valence-electron chi connectivity index (χ2n) is 8.33. The number of hydrogen-bond donors (Lipinski definition) is 1. The number of anilines is 1. The summed E-state index contributed by atoms with van der Waals surface area (Å²) in [6, 6.07) is 7.15. The van der Waals surface area contributed by atoms with E-state index in [0.717, 1.165) is 19.3 Å². The predicted molar refractivity (Wildman–Crippen MR) is 129 cm³/mol. The highest BCUT2D eigenvalue weighted by Crippen LogP contribution is 2.31. The Morgan fingerprint density at radius 3 is 2.66 bits per heavy atom. The van der Waals surface area contributed by atoms with Gasteiger partial charge in [-0.2, -0.15) is 0 Å². The van der Waals surface area contributed by atoms with E-state index < -0.39 is 17.2 Å². The Morgan fingerprint density at radius 1 is 1.09 bits per heavy atom. The van der Waals surface area contributed by atoms with Gasteiger partial charge in [0, 0.05) is 19.6 Å². The molecule has 0 bridgehead atoms. The van der Waals surface area contributed by atoms with E-state index in [0.29, 0.717) is 41.5 Å². The lowest BCUT2D eigenvalue weighted by atomic mass is 10.2. The molecule has 1 amide bonds. The molecule has 4 rings (SSSR count). The lowest BCUT2D eigenvalue weighted by molar-refractivity contribution is -0.145. The number of aryl methyl sites for hydroxylation is 2. The van der Waals surface area contributed by atoms with Crippen molar-refractivity contribution in [1.82, 2.24) is 19.1 Å². The fraction of sp³-hybridized carbons (Fsp3) is 0.458. The van der Waals surface area contributed by atoms with Gasteiger partial charge in [0.25, 0.3) is 11.5 Å². The molecule has 0 atom stereocenters. The molecule has 3 heterocycles. The van der Waals surface area contributed by atoms with Gasteiger partial charge in [-0.05, 0) is 25.0 Å². The average Bonchev–Trinajstić information content (AvgIpc) is 3.20. The molecule has 0 radical (unpaired) electrons. The summed E-state index contributed by atoms with van der Waals surface area (Å²) in [6.07, 6.45) is 2.34. The van der Waals surface area contributed by atoms with Gasteiger partial charge in [-0.15, -0.1) is 0 Å². The van der Waals surface area contributed by atoms with Crippen molar-refractivity contribution in [2.45, 2.75) is 59.2 Å². The van der Waals surface area contributed by atoms with E-state index >= 15 is 0 Å². The molecule has 0 saturated carbocycles. The molecule has 1 aliphatic heterocycles. The maximum Gasteiger partial charge on any atom is 0.330 e. The van der Waals surface area contributed by atoms with E-state index in [9.17, 15) is 19.2 Å². The summed E-state index contributed by atoms with van der Waals surface area (Å²) >= 11 is 0. The Kier molecular flexibility index (Phi) is 7.33. The Balaban J connectivity index is 1.51. The number of nitrogens with one attached hydrogen (secondary N) is 1. The molecule has 0 spiro atoms. The molecule has 1 N–H and O–H groups in total. The number of para-hydroxylation sites is 2. The van der Waals surface area contributed by atoms with Crippen molar-refractivity contribution in [2.75, 3.05) is 18.1 Å². The molecule has 2 aromatic heterocycles. The minimum atomic E-state index is -0.513. The monoisotopic (exact) mass is 483 g/mol. The van der Waals surface area contributed by atoms with Crippen LogP contribution < -0.4 is 20.9 Å². The van der Waals surface area contributed by atoms with Crippen LogP contribution in [0.4, 0.5) is 5.69 Å². The summed E-state index contributed by atoms with van der Waals surface area (Å²) < 4.78 is 14.0. The van der Waals surface area contributed by atoms with Crippen molar-refractivity contribution in [1.29, 1.82) is 0 Å². The first-order valence-electron chi connectivity index (χ1n) is 11.8. The van der Waals surface area contributed by atoms with E-state index in [4.69, 9.17) is 9.47 Å². The second kappa shape index (κ2) is 10.6. The Hall–Kier alpha value is -3.89. The van der Waals surface area contributed by atoms with Gasteiger partial charge < -0.3 is 18.9 Å². The highest BCUT2D eigenvalue weighted by Gasteiger charge is 2.26. The van der Waals surface area contributed by atoms with Gasteiger partial charge in [-0.25, -0.2) is 9.78 Å². The molecule has 11 nitrogen and oxygen atoms in total. The molecular formula is C24H29N5O6. The van der Waals surface area contributed by atoms with Gasteiger partial charge in [-0.3, -0.25) is 23.9 Å². The van der Waals surface area contributed by atoms with Crippen LogP contribution >= 0.6 is 0 Å². The average molecular weight is 484 g/mol. The number of rotatable bonds is 10. The maximum absolute atomic E-state index is 12.6. The third kappa shape index (κ3) is 4.98. The SMILES string of the molecule is CCCCn1c(=O)[nH]c(=O)c2c1nc(COC(=O)CCN1C(=O)COc3ccccc31)n2CCC. The minimum absolute atomic E-state index is 0.0180. The molecule has 186 valence electrons. The van der Waals surface area contributed by atoms with E-state index in [2.05, 4.69) is 9.97 Å². The van der Waals surface area contributed by atoms with Crippen molar-refractivity contribution >= 4 is 28.7 Å². The topological polar surface area (TPSA) is 129 Å². The van der Waals surface area contributed by atoms with Crippen LogP contribution in [0.1, 0.15) is 45.4 Å². The summed E-state index contributed by atoms with van der Waals surface area (Å²) in [5, 5.41) is 0. The zero-order valence-electron chi connectivity index (χ0n) is 19.9. The third-order valence-corrected chi connectivity index (χ3v) is 5.86. The third-order valence-electron chi connectivity index (χ3n) is 5.86. The summed E-state index contributed by atoms with van der Waals surface area (Å²) in [7, 11) is 0. The fourth-order valence-electron chi connectivity index (χ4n) is 4.14. The second-order valence-corrected chi connectivity index (χ2v) is 8.33. The Morgan fingerprint density at radius 2 is 1.89 bits per heavy atom. The fourth-order valence-corrected chi connectivity index (χ4v) is 4.14. The first-order chi connectivity index (χ1) is 16.9. The molecule has 1 aromatic carbocycles. The number of carbonyl (C=O) groups excluding carboxylic acids is 2. The number of carbonyl (C=O) groups is 2. The molecule has 0 fully saturated rings. The molecule has 35 heavy (non-hydrogen) atoms. The van der Waals surface area contributed by atoms with E-state index in [1.54, 1.807) is 22.8 Å². The summed E-state index contributed by atoms with van der Waals surface area (Å²) in [5.41, 5.74) is 0.189. The molecular weight excluding hydrogens is 454 g/mol. The standard InChI is InChI=1S/C24H29N5O6/c1-3-5-12-29-22-21(23(32)26-24(29)33)28(11-4-2)18(25-22)14-35-20(31)10-13-27-16-8-6-7-9-17(16)34-15-19(27)30/h6-9H,3-5,10-15H2,1-2H3,(H,26,32,33). The normalized spacial score (nSPS) is 13.1. The van der Waals surface area contributed by atoms with Gasteiger partial charge in [-0.1, -0.05) is 32.4 Å². The van der Waals surface area contributed by atoms with Crippen LogP contribution in [0.25, 0.3) is 11.2 Å². The number of aromatic amines is 1. The van der Waals surface area contributed by atoms with Gasteiger partial charge in [0.05, 0.1) is 12.1 Å². The van der Waals surface area contributed by atoms with Gasteiger partial charge in [0.15, 0.2) is 17.8 Å². The number of nitrogens with zero attached hydrogens (tertiary/aromatic N) is 4. The Labute approximate surface area is 201 Å². The zero-order valence-corrected chi connectivity index (χ0v) is 19.9. The zero-order chi connectivity index (χ0) is 24.9. The highest BCUT2D eigenvalue weighted by atomic mass is 16.5. The molecule has 0 aliphatic carbocycles. The number of aromatic nitrogens is 4. The molecule has 11 heteroatoms. The number of benzene rings is 1. The van der Waals surface area contributed by atoms with Crippen molar-refractivity contribution in [3.63, 3.8) is 0 Å². The van der Waals surface area contributed by atoms with Gasteiger partial charge in [0.2, 0.25) is 0 Å². The van der Waals surface area contributed by atoms with E-state index in [-0.39, 0.29) is 32.1 Å². The predicted octanol–water partition coefficient (Wildman–Crippen LogP) is 1.96. The van der Waals surface area contributed by atoms with E-state index in [1.165, 1.54) is 9.47 Å². The maximum atomic E-state index is 12.6. The smallest absolute Gasteiger partial charge is 0.330 e. The van der Waals surface area contributed by atoms with Crippen LogP contribution in [0.5, 0.6) is 5.75 Å². The van der Waals surface area contributed by atoms with Crippen molar-refractivity contribution in [3.8, 4) is 5.75 Å². The van der Waals surface area contributed by atoms with Gasteiger partial charge in [0.1, 0.15) is 18.2 Å². The number of H-pyrrole nitrogens is 1. The summed E-state index contributed by atoms with van der Waals surface area (Å²) in [5.74, 6) is 0.247. The van der Waals surface area contributed by atoms with E-state index in [1.807, 2.05) is 19.9 Å².